The van der Waals surface area contributed by atoms with Crippen molar-refractivity contribution in [2.24, 2.45) is 0 Å². The summed E-state index contributed by atoms with van der Waals surface area (Å²) in [6.07, 6.45) is 1.99. The van der Waals surface area contributed by atoms with E-state index in [0.717, 1.165) is 44.8 Å². The molecule has 1 aliphatic rings. The van der Waals surface area contributed by atoms with Crippen molar-refractivity contribution in [3.63, 3.8) is 0 Å². The predicted molar refractivity (Wildman–Crippen MR) is 329 cm³/mol. The fraction of sp³-hybridized carbons (Fsp3) is 0.192. The number of hydrogen-bond donors (Lipinski definition) is 0. The molecular weight excluding hydrogens is 947 g/mol. The van der Waals surface area contributed by atoms with Gasteiger partial charge in [0.1, 0.15) is 12.5 Å². The van der Waals surface area contributed by atoms with Crippen LogP contribution in [0, 0.1) is 0 Å². The Morgan fingerprint density at radius 2 is 0.795 bits per heavy atom. The van der Waals surface area contributed by atoms with E-state index in [2.05, 4.69) is 306 Å². The first-order valence-electron chi connectivity index (χ1n) is 27.6. The van der Waals surface area contributed by atoms with Gasteiger partial charge in [-0.2, -0.15) is 0 Å². The van der Waals surface area contributed by atoms with Gasteiger partial charge in [-0.05, 0) is 134 Å². The van der Waals surface area contributed by atoms with Crippen molar-refractivity contribution in [1.29, 1.82) is 0 Å². The minimum atomic E-state index is -0.830. The van der Waals surface area contributed by atoms with Crippen LogP contribution in [0.4, 0.5) is 22.7 Å². The zero-order valence-electron chi connectivity index (χ0n) is 46.4. The van der Waals surface area contributed by atoms with Gasteiger partial charge in [0.25, 0.3) is 0 Å². The Bertz CT molecular complexity index is 4130. The van der Waals surface area contributed by atoms with Gasteiger partial charge in [0.05, 0.1) is 44.5 Å². The van der Waals surface area contributed by atoms with Gasteiger partial charge in [0.2, 0.25) is 0 Å². The summed E-state index contributed by atoms with van der Waals surface area (Å²) in [5.74, 6) is 0.894. The highest BCUT2D eigenvalue weighted by molar-refractivity contribution is 6.16. The molecule has 0 aliphatic carbocycles. The molecule has 0 N–H and O–H groups in total. The highest BCUT2D eigenvalue weighted by atomic mass is 15.4. The maximum atomic E-state index is 5.24. The van der Waals surface area contributed by atoms with Crippen LogP contribution in [0.15, 0.2) is 231 Å². The summed E-state index contributed by atoms with van der Waals surface area (Å²) in [5, 5.41) is 4.79. The number of nitrogens with zero attached hydrogens (tertiary/aromatic N) is 5. The number of hydrogen-bond acceptors (Lipinski definition) is 3. The quantitative estimate of drug-likeness (QED) is 0.142. The number of aromatic nitrogens is 3. The average Bonchev–Trinajstić information content (AvgIpc) is 4.31. The normalized spacial score (nSPS) is 13.3. The molecule has 13 rings (SSSR count). The molecule has 0 fully saturated rings. The van der Waals surface area contributed by atoms with Crippen LogP contribution in [0.5, 0.6) is 0 Å². The Hall–Kier alpha value is -8.67. The smallest absolute Gasteiger partial charge is 0.137 e. The second kappa shape index (κ2) is 18.2. The van der Waals surface area contributed by atoms with E-state index in [1.165, 1.54) is 72.0 Å². The molecular formula is C73H67N5. The van der Waals surface area contributed by atoms with Gasteiger partial charge in [-0.3, -0.25) is 4.57 Å². The largest absolute Gasteiger partial charge is 0.321 e. The molecule has 0 atom stereocenters. The van der Waals surface area contributed by atoms with Gasteiger partial charge in [-0.25, -0.2) is 4.98 Å². The Kier molecular flexibility index (Phi) is 11.4. The fourth-order valence-electron chi connectivity index (χ4n) is 12.5. The van der Waals surface area contributed by atoms with Crippen LogP contribution in [0.2, 0.25) is 0 Å². The standard InChI is InChI=1S/C73H67N5/c1-70(2,3)51-39-40-74-68(47-51)78-63-36-21-18-33-60(63)69-66(77-61-34-19-16-31-58(61)59-32-17-20-35-62(59)77)45-55(46-67(69)78)73(49-25-12-10-13-26-49,50-27-14-11-15-28-50)52-29-24-30-56(42-52)75-48-76(65-38-23-22-37-64(65)75)57-43-53(71(4,5)6)41-54(44-57)72(7,8)9/h10-47H,48H2,1-9H3. The minimum absolute atomic E-state index is 0.0206. The van der Waals surface area contributed by atoms with E-state index < -0.39 is 5.41 Å². The van der Waals surface area contributed by atoms with Gasteiger partial charge >= 0.3 is 0 Å². The summed E-state index contributed by atoms with van der Waals surface area (Å²) < 4.78 is 4.95. The fourth-order valence-corrected chi connectivity index (χ4v) is 12.5. The molecule has 0 unspecified atom stereocenters. The number of fused-ring (bicyclic) bond motifs is 7. The van der Waals surface area contributed by atoms with Crippen LogP contribution >= 0.6 is 0 Å². The van der Waals surface area contributed by atoms with E-state index in [0.29, 0.717) is 6.67 Å². The molecule has 1 aliphatic heterocycles. The highest BCUT2D eigenvalue weighted by Crippen LogP contribution is 2.52. The van der Waals surface area contributed by atoms with Gasteiger partial charge in [-0.15, -0.1) is 0 Å². The second-order valence-corrected chi connectivity index (χ2v) is 24.6. The molecule has 0 amide bonds. The van der Waals surface area contributed by atoms with E-state index in [1.54, 1.807) is 0 Å². The van der Waals surface area contributed by atoms with Crippen molar-refractivity contribution in [1.82, 2.24) is 14.1 Å². The molecule has 5 nitrogen and oxygen atoms in total. The molecule has 384 valence electrons. The van der Waals surface area contributed by atoms with Crippen molar-refractivity contribution < 1.29 is 0 Å². The van der Waals surface area contributed by atoms with Gasteiger partial charge < -0.3 is 14.4 Å². The number of anilines is 4. The summed E-state index contributed by atoms with van der Waals surface area (Å²) in [6, 6.07) is 84.2. The minimum Gasteiger partial charge on any atom is -0.321 e. The van der Waals surface area contributed by atoms with Crippen molar-refractivity contribution in [2.75, 3.05) is 16.5 Å². The van der Waals surface area contributed by atoms with E-state index in [9.17, 15) is 0 Å². The lowest BCUT2D eigenvalue weighted by Gasteiger charge is -2.38. The molecule has 3 aromatic heterocycles. The number of rotatable bonds is 8. The molecule has 0 bridgehead atoms. The number of pyridine rings is 1. The lowest BCUT2D eigenvalue weighted by atomic mass is 9.65. The monoisotopic (exact) mass is 1010 g/mol. The summed E-state index contributed by atoms with van der Waals surface area (Å²) in [7, 11) is 0. The van der Waals surface area contributed by atoms with E-state index in [4.69, 9.17) is 4.98 Å². The molecule has 0 spiro atoms. The molecule has 12 aromatic rings. The first kappa shape index (κ1) is 48.9. The SMILES string of the molecule is CC(C)(C)c1cc(N2CN(c3cccc(C(c4ccccc4)(c4ccccc4)c4cc(-n5c6ccccc6c6ccccc65)c5c6ccccc6n(-c6cc(C(C)(C)C)ccn6)c5c4)c3)c3ccccc32)cc(C(C)(C)C)c1. The van der Waals surface area contributed by atoms with Crippen molar-refractivity contribution in [2.45, 2.75) is 84.0 Å². The second-order valence-electron chi connectivity index (χ2n) is 24.6. The van der Waals surface area contributed by atoms with E-state index in [1.807, 2.05) is 6.20 Å². The third-order valence-corrected chi connectivity index (χ3v) is 16.6. The molecule has 0 saturated carbocycles. The average molecular weight is 1010 g/mol. The topological polar surface area (TPSA) is 29.2 Å². The van der Waals surface area contributed by atoms with Crippen LogP contribution < -0.4 is 9.80 Å². The van der Waals surface area contributed by atoms with Crippen molar-refractivity contribution in [3.05, 3.63) is 270 Å². The highest BCUT2D eigenvalue weighted by Gasteiger charge is 2.41. The van der Waals surface area contributed by atoms with Crippen LogP contribution in [0.3, 0.4) is 0 Å². The molecule has 4 heterocycles. The van der Waals surface area contributed by atoms with Crippen LogP contribution in [0.25, 0.3) is 55.1 Å². The third kappa shape index (κ3) is 7.93. The molecule has 5 heteroatoms. The Morgan fingerprint density at radius 1 is 0.321 bits per heavy atom. The zero-order valence-corrected chi connectivity index (χ0v) is 46.4. The molecule has 9 aromatic carbocycles. The first-order chi connectivity index (χ1) is 37.6. The van der Waals surface area contributed by atoms with Crippen LogP contribution in [-0.2, 0) is 21.7 Å². The maximum absolute atomic E-state index is 5.24. The summed E-state index contributed by atoms with van der Waals surface area (Å²) >= 11 is 0. The molecule has 78 heavy (non-hydrogen) atoms. The molecule has 0 saturated heterocycles. The lowest BCUT2D eigenvalue weighted by molar-refractivity contribution is 0.568. The summed E-state index contributed by atoms with van der Waals surface area (Å²) in [4.78, 5) is 10.3. The van der Waals surface area contributed by atoms with Crippen molar-refractivity contribution in [3.8, 4) is 11.5 Å². The van der Waals surface area contributed by atoms with Crippen LogP contribution in [0.1, 0.15) is 101 Å². The number of para-hydroxylation sites is 5. The van der Waals surface area contributed by atoms with Crippen molar-refractivity contribution >= 4 is 66.4 Å². The summed E-state index contributed by atoms with van der Waals surface area (Å²) in [6.45, 7) is 21.5. The predicted octanol–water partition coefficient (Wildman–Crippen LogP) is 18.8. The molecule has 0 radical (unpaired) electrons. The van der Waals surface area contributed by atoms with Gasteiger partial charge in [0, 0.05) is 39.1 Å². The number of benzene rings is 9. The van der Waals surface area contributed by atoms with E-state index >= 15 is 0 Å². The Morgan fingerprint density at radius 3 is 1.36 bits per heavy atom. The first-order valence-corrected chi connectivity index (χ1v) is 27.6. The van der Waals surface area contributed by atoms with Gasteiger partial charge in [0.15, 0.2) is 0 Å². The zero-order chi connectivity index (χ0) is 53.7. The Labute approximate surface area is 459 Å². The Balaban J connectivity index is 1.12. The maximum Gasteiger partial charge on any atom is 0.137 e. The summed E-state index contributed by atoms with van der Waals surface area (Å²) in [5.41, 5.74) is 18.0. The van der Waals surface area contributed by atoms with E-state index in [-0.39, 0.29) is 16.2 Å². The van der Waals surface area contributed by atoms with Crippen LogP contribution in [-0.4, -0.2) is 20.8 Å². The third-order valence-electron chi connectivity index (χ3n) is 16.6. The lowest BCUT2D eigenvalue weighted by Crippen LogP contribution is -2.32. The van der Waals surface area contributed by atoms with Gasteiger partial charge in [-0.1, -0.05) is 208 Å².